The van der Waals surface area contributed by atoms with Crippen molar-refractivity contribution in [1.82, 2.24) is 14.7 Å². The highest BCUT2D eigenvalue weighted by molar-refractivity contribution is 5.96. The minimum Gasteiger partial charge on any atom is -0.466 e. The summed E-state index contributed by atoms with van der Waals surface area (Å²) in [6, 6.07) is 0. The van der Waals surface area contributed by atoms with E-state index >= 15 is 0 Å². The highest BCUT2D eigenvalue weighted by Gasteiger charge is 2.46. The van der Waals surface area contributed by atoms with Crippen LogP contribution in [-0.4, -0.2) is 64.8 Å². The number of nitrogens with zero attached hydrogens (tertiary/aromatic N) is 3. The first kappa shape index (κ1) is 20.8. The highest BCUT2D eigenvalue weighted by atomic mass is 16.7. The highest BCUT2D eigenvalue weighted by Crippen LogP contribution is 2.40. The second kappa shape index (κ2) is 7.83. The first-order valence-electron chi connectivity index (χ1n) is 9.90. The molecule has 1 saturated heterocycles. The smallest absolute Gasteiger partial charge is 0.309 e. The summed E-state index contributed by atoms with van der Waals surface area (Å²) in [5.74, 6) is -0.896. The lowest BCUT2D eigenvalue weighted by molar-refractivity contribution is -0.145. The van der Waals surface area contributed by atoms with Crippen LogP contribution in [0.3, 0.4) is 0 Å². The summed E-state index contributed by atoms with van der Waals surface area (Å²) >= 11 is 0. The standard InChI is InChI=1S/C20H31N3O5/c1-7-26-19(25)16-8-14(16)9-23(10-15-11-27-20(4,5)28-15)18(24)17-12(2)21-22(6)13(17)3/h14-16H,7-11H2,1-6H3/t14-,15-,16-/m1/s1. The van der Waals surface area contributed by atoms with Gasteiger partial charge >= 0.3 is 5.97 Å². The third kappa shape index (κ3) is 4.38. The third-order valence-electron chi connectivity index (χ3n) is 5.47. The number of amides is 1. The van der Waals surface area contributed by atoms with Crippen molar-refractivity contribution in [3.63, 3.8) is 0 Å². The maximum Gasteiger partial charge on any atom is 0.309 e. The van der Waals surface area contributed by atoms with Crippen LogP contribution in [0.5, 0.6) is 0 Å². The Labute approximate surface area is 166 Å². The van der Waals surface area contributed by atoms with E-state index in [0.29, 0.717) is 37.6 Å². The van der Waals surface area contributed by atoms with Crippen LogP contribution in [-0.2, 0) is 26.1 Å². The Morgan fingerprint density at radius 1 is 1.32 bits per heavy atom. The summed E-state index contributed by atoms with van der Waals surface area (Å²) in [6.07, 6.45) is 0.553. The lowest BCUT2D eigenvalue weighted by Gasteiger charge is -2.26. The molecule has 0 spiro atoms. The quantitative estimate of drug-likeness (QED) is 0.658. The van der Waals surface area contributed by atoms with Crippen LogP contribution in [0.15, 0.2) is 0 Å². The number of carbonyl (C=O) groups is 2. The van der Waals surface area contributed by atoms with Crippen molar-refractivity contribution in [2.45, 2.75) is 52.9 Å². The lowest BCUT2D eigenvalue weighted by Crippen LogP contribution is -2.41. The Bertz CT molecular complexity index is 757. The molecule has 0 aromatic carbocycles. The number of hydrogen-bond donors (Lipinski definition) is 0. The first-order chi connectivity index (χ1) is 13.1. The minimum absolute atomic E-state index is 0.0779. The van der Waals surface area contributed by atoms with Gasteiger partial charge in [0.2, 0.25) is 0 Å². The Balaban J connectivity index is 1.75. The van der Waals surface area contributed by atoms with Gasteiger partial charge in [-0.1, -0.05) is 0 Å². The maximum absolute atomic E-state index is 13.4. The van der Waals surface area contributed by atoms with Crippen LogP contribution in [0.1, 0.15) is 48.9 Å². The molecular formula is C20H31N3O5. The van der Waals surface area contributed by atoms with E-state index in [4.69, 9.17) is 14.2 Å². The molecule has 2 aliphatic rings. The summed E-state index contributed by atoms with van der Waals surface area (Å²) < 4.78 is 18.4. The molecule has 3 atom stereocenters. The van der Waals surface area contributed by atoms with Crippen molar-refractivity contribution in [3.05, 3.63) is 17.0 Å². The van der Waals surface area contributed by atoms with Gasteiger partial charge in [-0.25, -0.2) is 0 Å². The number of aromatic nitrogens is 2. The number of esters is 1. The number of carbonyl (C=O) groups excluding carboxylic acids is 2. The van der Waals surface area contributed by atoms with Gasteiger partial charge in [0.15, 0.2) is 5.79 Å². The van der Waals surface area contributed by atoms with Crippen molar-refractivity contribution in [3.8, 4) is 0 Å². The molecule has 0 radical (unpaired) electrons. The Morgan fingerprint density at radius 2 is 2.04 bits per heavy atom. The van der Waals surface area contributed by atoms with E-state index in [1.165, 1.54) is 0 Å². The summed E-state index contributed by atoms with van der Waals surface area (Å²) in [4.78, 5) is 27.2. The summed E-state index contributed by atoms with van der Waals surface area (Å²) in [5.41, 5.74) is 2.15. The Hall–Kier alpha value is -1.93. The first-order valence-corrected chi connectivity index (χ1v) is 9.90. The topological polar surface area (TPSA) is 82.9 Å². The summed E-state index contributed by atoms with van der Waals surface area (Å²) in [6.45, 7) is 11.0. The normalized spacial score (nSPS) is 25.6. The zero-order valence-electron chi connectivity index (χ0n) is 17.7. The average molecular weight is 393 g/mol. The molecular weight excluding hydrogens is 362 g/mol. The molecule has 1 aliphatic carbocycles. The van der Waals surface area contributed by atoms with Gasteiger partial charge in [0.25, 0.3) is 5.91 Å². The maximum atomic E-state index is 13.4. The van der Waals surface area contributed by atoms with Gasteiger partial charge in [0.1, 0.15) is 6.10 Å². The van der Waals surface area contributed by atoms with Crippen molar-refractivity contribution >= 4 is 11.9 Å². The van der Waals surface area contributed by atoms with E-state index in [1.807, 2.05) is 34.7 Å². The molecule has 1 aliphatic heterocycles. The molecule has 8 heteroatoms. The fourth-order valence-electron chi connectivity index (χ4n) is 3.85. The molecule has 2 fully saturated rings. The Kier molecular flexibility index (Phi) is 5.82. The molecule has 0 bridgehead atoms. The molecule has 1 amide bonds. The van der Waals surface area contributed by atoms with Crippen LogP contribution >= 0.6 is 0 Å². The zero-order valence-corrected chi connectivity index (χ0v) is 17.7. The fourth-order valence-corrected chi connectivity index (χ4v) is 3.85. The molecule has 156 valence electrons. The lowest BCUT2D eigenvalue weighted by atomic mass is 10.1. The summed E-state index contributed by atoms with van der Waals surface area (Å²) in [5, 5.41) is 4.37. The van der Waals surface area contributed by atoms with Gasteiger partial charge in [-0.15, -0.1) is 0 Å². The minimum atomic E-state index is -0.646. The van der Waals surface area contributed by atoms with Crippen molar-refractivity contribution in [2.75, 3.05) is 26.3 Å². The average Bonchev–Trinajstić information content (AvgIpc) is 3.22. The monoisotopic (exact) mass is 393 g/mol. The van der Waals surface area contributed by atoms with Gasteiger partial charge in [0, 0.05) is 25.8 Å². The molecule has 1 aromatic rings. The predicted octanol–water partition coefficient (Wildman–Crippen LogP) is 1.83. The van der Waals surface area contributed by atoms with Crippen molar-refractivity contribution in [1.29, 1.82) is 0 Å². The number of hydrogen-bond acceptors (Lipinski definition) is 6. The predicted molar refractivity (Wildman–Crippen MR) is 102 cm³/mol. The van der Waals surface area contributed by atoms with Gasteiger partial charge in [-0.2, -0.15) is 5.10 Å². The van der Waals surface area contributed by atoms with Gasteiger partial charge in [-0.05, 0) is 47.0 Å². The van der Waals surface area contributed by atoms with Gasteiger partial charge < -0.3 is 19.1 Å². The van der Waals surface area contributed by atoms with E-state index in [0.717, 1.165) is 12.1 Å². The van der Waals surface area contributed by atoms with Crippen LogP contribution in [0.2, 0.25) is 0 Å². The van der Waals surface area contributed by atoms with Crippen LogP contribution in [0.4, 0.5) is 0 Å². The molecule has 2 heterocycles. The largest absolute Gasteiger partial charge is 0.466 e. The Morgan fingerprint density at radius 3 is 2.57 bits per heavy atom. The molecule has 1 saturated carbocycles. The number of ether oxygens (including phenoxy) is 3. The van der Waals surface area contributed by atoms with Crippen molar-refractivity contribution in [2.24, 2.45) is 18.9 Å². The van der Waals surface area contributed by atoms with E-state index in [9.17, 15) is 9.59 Å². The zero-order chi connectivity index (χ0) is 20.6. The second-order valence-corrected chi connectivity index (χ2v) is 8.18. The molecule has 3 rings (SSSR count). The van der Waals surface area contributed by atoms with Crippen LogP contribution in [0, 0.1) is 25.7 Å². The fraction of sp³-hybridized carbons (Fsp3) is 0.750. The number of aryl methyl sites for hydroxylation is 2. The molecule has 1 aromatic heterocycles. The van der Waals surface area contributed by atoms with Crippen molar-refractivity contribution < 1.29 is 23.8 Å². The second-order valence-electron chi connectivity index (χ2n) is 8.18. The third-order valence-corrected chi connectivity index (χ3v) is 5.47. The molecule has 0 unspecified atom stereocenters. The number of rotatable bonds is 7. The van der Waals surface area contributed by atoms with E-state index in [1.54, 1.807) is 16.5 Å². The molecule has 28 heavy (non-hydrogen) atoms. The summed E-state index contributed by atoms with van der Waals surface area (Å²) in [7, 11) is 1.83. The molecule has 8 nitrogen and oxygen atoms in total. The van der Waals surface area contributed by atoms with E-state index < -0.39 is 5.79 Å². The van der Waals surface area contributed by atoms with Crippen LogP contribution in [0.25, 0.3) is 0 Å². The van der Waals surface area contributed by atoms with E-state index in [-0.39, 0.29) is 29.8 Å². The van der Waals surface area contributed by atoms with Gasteiger partial charge in [0.05, 0.1) is 30.4 Å². The molecule has 0 N–H and O–H groups in total. The SMILES string of the molecule is CCOC(=O)[C@@H]1C[C@@H]1CN(C[C@@H]1COC(C)(C)O1)C(=O)c1c(C)nn(C)c1C. The van der Waals surface area contributed by atoms with Crippen LogP contribution < -0.4 is 0 Å². The van der Waals surface area contributed by atoms with E-state index in [2.05, 4.69) is 5.10 Å². The van der Waals surface area contributed by atoms with Gasteiger partial charge in [-0.3, -0.25) is 14.3 Å².